The summed E-state index contributed by atoms with van der Waals surface area (Å²) in [4.78, 5) is 11.3. The smallest absolute Gasteiger partial charge is 0.237 e. The van der Waals surface area contributed by atoms with Crippen LogP contribution >= 0.6 is 0 Å². The third-order valence-electron chi connectivity index (χ3n) is 1.95. The number of nitrogens with one attached hydrogen (secondary N) is 1. The average Bonchev–Trinajstić information content (AvgIpc) is 2.10. The average molecular weight is 187 g/mol. The Hall–Kier alpha value is -0.610. The van der Waals surface area contributed by atoms with Gasteiger partial charge in [-0.25, -0.2) is 0 Å². The highest BCUT2D eigenvalue weighted by Gasteiger charge is 2.15. The van der Waals surface area contributed by atoms with E-state index in [1.165, 1.54) is 0 Å². The van der Waals surface area contributed by atoms with E-state index in [1.54, 1.807) is 0 Å². The van der Waals surface area contributed by atoms with E-state index in [9.17, 15) is 4.79 Å². The van der Waals surface area contributed by atoms with Crippen molar-refractivity contribution in [3.05, 3.63) is 0 Å². The van der Waals surface area contributed by atoms with Crippen LogP contribution in [0.5, 0.6) is 0 Å². The van der Waals surface area contributed by atoms with Gasteiger partial charge >= 0.3 is 0 Å². The second-order valence-electron chi connectivity index (χ2n) is 3.56. The van der Waals surface area contributed by atoms with Crippen LogP contribution in [0.3, 0.4) is 0 Å². The maximum Gasteiger partial charge on any atom is 0.237 e. The van der Waals surface area contributed by atoms with Crippen LogP contribution in [0.1, 0.15) is 26.7 Å². The number of carbonyl (C=O) groups excluding carboxylic acids is 1. The monoisotopic (exact) mass is 187 g/mol. The number of amides is 1. The summed E-state index contributed by atoms with van der Waals surface area (Å²) in [6, 6.07) is -0.391. The van der Waals surface area contributed by atoms with Crippen LogP contribution in [0.25, 0.3) is 0 Å². The first-order valence-electron chi connectivity index (χ1n) is 4.83. The lowest BCUT2D eigenvalue weighted by Crippen LogP contribution is -2.44. The Kier molecular flexibility index (Phi) is 6.54. The van der Waals surface area contributed by atoms with Crippen molar-refractivity contribution < 1.29 is 4.79 Å². The van der Waals surface area contributed by atoms with Gasteiger partial charge in [0.25, 0.3) is 0 Å². The Labute approximate surface area is 80.0 Å². The summed E-state index contributed by atoms with van der Waals surface area (Å²) in [5.74, 6) is 0.126. The first-order chi connectivity index (χ1) is 6.09. The number of rotatable bonds is 6. The van der Waals surface area contributed by atoms with Gasteiger partial charge in [0.1, 0.15) is 0 Å². The molecule has 0 saturated heterocycles. The summed E-state index contributed by atoms with van der Waals surface area (Å²) in [6.07, 6.45) is 1.87. The van der Waals surface area contributed by atoms with E-state index in [0.717, 1.165) is 12.8 Å². The van der Waals surface area contributed by atoms with E-state index >= 15 is 0 Å². The maximum atomic E-state index is 11.3. The molecular formula is C9H21N3O. The second kappa shape index (κ2) is 6.86. The van der Waals surface area contributed by atoms with Crippen LogP contribution < -0.4 is 16.8 Å². The number of nitrogens with two attached hydrogens (primary N) is 2. The Morgan fingerprint density at radius 3 is 2.46 bits per heavy atom. The maximum absolute atomic E-state index is 11.3. The summed E-state index contributed by atoms with van der Waals surface area (Å²) in [5, 5.41) is 2.78. The molecule has 0 rings (SSSR count). The molecular weight excluding hydrogens is 166 g/mol. The molecule has 0 aromatic heterocycles. The molecule has 0 bridgehead atoms. The molecule has 0 aliphatic heterocycles. The van der Waals surface area contributed by atoms with E-state index in [1.807, 2.05) is 13.8 Å². The SMILES string of the molecule is CC(C)[C@@H](N)C(=O)NCCCCN. The minimum Gasteiger partial charge on any atom is -0.355 e. The Balaban J connectivity index is 3.50. The Morgan fingerprint density at radius 2 is 2.00 bits per heavy atom. The Morgan fingerprint density at radius 1 is 1.38 bits per heavy atom. The van der Waals surface area contributed by atoms with Gasteiger partial charge in [0.2, 0.25) is 5.91 Å². The van der Waals surface area contributed by atoms with Gasteiger partial charge in [-0.2, -0.15) is 0 Å². The van der Waals surface area contributed by atoms with E-state index in [2.05, 4.69) is 5.32 Å². The lowest BCUT2D eigenvalue weighted by Gasteiger charge is -2.14. The van der Waals surface area contributed by atoms with Gasteiger partial charge in [-0.3, -0.25) is 4.79 Å². The summed E-state index contributed by atoms with van der Waals surface area (Å²) in [6.45, 7) is 5.22. The number of unbranched alkanes of at least 4 members (excludes halogenated alkanes) is 1. The number of hydrogen-bond acceptors (Lipinski definition) is 3. The van der Waals surface area contributed by atoms with Crippen LogP contribution in [0.15, 0.2) is 0 Å². The fourth-order valence-electron chi connectivity index (χ4n) is 0.902. The fourth-order valence-corrected chi connectivity index (χ4v) is 0.902. The third-order valence-corrected chi connectivity index (χ3v) is 1.95. The zero-order valence-corrected chi connectivity index (χ0v) is 8.55. The van der Waals surface area contributed by atoms with Gasteiger partial charge in [-0.05, 0) is 25.3 Å². The van der Waals surface area contributed by atoms with E-state index in [-0.39, 0.29) is 11.8 Å². The molecule has 0 fully saturated rings. The number of hydrogen-bond donors (Lipinski definition) is 3. The van der Waals surface area contributed by atoms with E-state index in [4.69, 9.17) is 11.5 Å². The summed E-state index contributed by atoms with van der Waals surface area (Å²) >= 11 is 0. The molecule has 0 spiro atoms. The third kappa shape index (κ3) is 5.60. The lowest BCUT2D eigenvalue weighted by atomic mass is 10.1. The zero-order chi connectivity index (χ0) is 10.3. The van der Waals surface area contributed by atoms with Crippen LogP contribution in [0.2, 0.25) is 0 Å². The van der Waals surface area contributed by atoms with Gasteiger partial charge in [0.05, 0.1) is 6.04 Å². The van der Waals surface area contributed by atoms with E-state index < -0.39 is 6.04 Å². The largest absolute Gasteiger partial charge is 0.355 e. The Bertz CT molecular complexity index is 148. The molecule has 0 unspecified atom stereocenters. The molecule has 0 heterocycles. The quantitative estimate of drug-likeness (QED) is 0.505. The lowest BCUT2D eigenvalue weighted by molar-refractivity contribution is -0.123. The topological polar surface area (TPSA) is 81.1 Å². The zero-order valence-electron chi connectivity index (χ0n) is 8.55. The van der Waals surface area contributed by atoms with Crippen LogP contribution in [0, 0.1) is 5.92 Å². The predicted octanol–water partition coefficient (Wildman–Crippen LogP) is -0.175. The predicted molar refractivity (Wildman–Crippen MR) is 54.1 cm³/mol. The van der Waals surface area contributed by atoms with Crippen molar-refractivity contribution in [1.82, 2.24) is 5.32 Å². The molecule has 1 atom stereocenters. The van der Waals surface area contributed by atoms with Crippen molar-refractivity contribution in [2.45, 2.75) is 32.7 Å². The van der Waals surface area contributed by atoms with Crippen molar-refractivity contribution >= 4 is 5.91 Å². The second-order valence-corrected chi connectivity index (χ2v) is 3.56. The van der Waals surface area contributed by atoms with Gasteiger partial charge < -0.3 is 16.8 Å². The van der Waals surface area contributed by atoms with Gasteiger partial charge in [0.15, 0.2) is 0 Å². The van der Waals surface area contributed by atoms with Crippen molar-refractivity contribution in [3.8, 4) is 0 Å². The molecule has 0 saturated carbocycles. The molecule has 4 heteroatoms. The minimum atomic E-state index is -0.391. The van der Waals surface area contributed by atoms with Crippen molar-refractivity contribution in [2.75, 3.05) is 13.1 Å². The normalized spacial score (nSPS) is 13.0. The molecule has 78 valence electrons. The van der Waals surface area contributed by atoms with Gasteiger partial charge in [0, 0.05) is 6.54 Å². The first kappa shape index (κ1) is 12.4. The molecule has 0 aromatic carbocycles. The molecule has 0 radical (unpaired) electrons. The number of carbonyl (C=O) groups is 1. The molecule has 0 aromatic rings. The van der Waals surface area contributed by atoms with Crippen molar-refractivity contribution in [3.63, 3.8) is 0 Å². The molecule has 5 N–H and O–H groups in total. The standard InChI is InChI=1S/C9H21N3O/c1-7(2)8(11)9(13)12-6-4-3-5-10/h7-8H,3-6,10-11H2,1-2H3,(H,12,13)/t8-/m1/s1. The summed E-state index contributed by atoms with van der Waals surface area (Å²) < 4.78 is 0. The highest BCUT2D eigenvalue weighted by Crippen LogP contribution is 1.97. The fraction of sp³-hybridized carbons (Fsp3) is 0.889. The van der Waals surface area contributed by atoms with E-state index in [0.29, 0.717) is 13.1 Å². The highest BCUT2D eigenvalue weighted by molar-refractivity contribution is 5.81. The first-order valence-corrected chi connectivity index (χ1v) is 4.83. The minimum absolute atomic E-state index is 0.0629. The van der Waals surface area contributed by atoms with Crippen molar-refractivity contribution in [1.29, 1.82) is 0 Å². The van der Waals surface area contributed by atoms with Crippen LogP contribution in [-0.2, 0) is 4.79 Å². The van der Waals surface area contributed by atoms with Crippen LogP contribution in [-0.4, -0.2) is 25.0 Å². The van der Waals surface area contributed by atoms with Crippen molar-refractivity contribution in [2.24, 2.45) is 17.4 Å². The highest BCUT2D eigenvalue weighted by atomic mass is 16.2. The summed E-state index contributed by atoms with van der Waals surface area (Å²) in [5.41, 5.74) is 11.0. The van der Waals surface area contributed by atoms with Crippen LogP contribution in [0.4, 0.5) is 0 Å². The molecule has 4 nitrogen and oxygen atoms in total. The molecule has 0 aliphatic carbocycles. The molecule has 0 aliphatic rings. The molecule has 13 heavy (non-hydrogen) atoms. The van der Waals surface area contributed by atoms with Gasteiger partial charge in [-0.1, -0.05) is 13.8 Å². The molecule has 1 amide bonds. The van der Waals surface area contributed by atoms with Gasteiger partial charge in [-0.15, -0.1) is 0 Å². The summed E-state index contributed by atoms with van der Waals surface area (Å²) in [7, 11) is 0.